The second kappa shape index (κ2) is 7.57. The van der Waals surface area contributed by atoms with Crippen LogP contribution in [0.3, 0.4) is 0 Å². The molecule has 0 atom stereocenters. The van der Waals surface area contributed by atoms with Crippen molar-refractivity contribution in [2.45, 2.75) is 0 Å². The Morgan fingerprint density at radius 1 is 1.08 bits per heavy atom. The van der Waals surface area contributed by atoms with Crippen molar-refractivity contribution in [1.29, 1.82) is 0 Å². The minimum atomic E-state index is -0.286. The molecular weight excluding hydrogens is 371 g/mol. The van der Waals surface area contributed by atoms with Gasteiger partial charge in [0.05, 0.1) is 5.69 Å². The highest BCUT2D eigenvalue weighted by atomic mass is 35.5. The number of amides is 1. The van der Waals surface area contributed by atoms with Gasteiger partial charge in [0.25, 0.3) is 5.91 Å². The summed E-state index contributed by atoms with van der Waals surface area (Å²) < 4.78 is 0. The SMILES string of the molecule is Cl.Nc1nc(-c2ccc(NC(=O)c3cc(Cl)cc(Cl)c3)cc2)c[nH]1. The summed E-state index contributed by atoms with van der Waals surface area (Å²) in [5.41, 5.74) is 8.23. The van der Waals surface area contributed by atoms with E-state index in [9.17, 15) is 4.79 Å². The van der Waals surface area contributed by atoms with Crippen LogP contribution in [-0.4, -0.2) is 15.9 Å². The Balaban J connectivity index is 0.00000208. The predicted octanol–water partition coefficient (Wildman–Crippen LogP) is 4.64. The third-order valence-electron chi connectivity index (χ3n) is 3.16. The van der Waals surface area contributed by atoms with Gasteiger partial charge in [0.1, 0.15) is 0 Å². The fourth-order valence-electron chi connectivity index (χ4n) is 2.10. The molecule has 0 saturated carbocycles. The first-order valence-corrected chi connectivity index (χ1v) is 7.45. The van der Waals surface area contributed by atoms with Crippen LogP contribution < -0.4 is 11.1 Å². The highest BCUT2D eigenvalue weighted by Gasteiger charge is 2.09. The average Bonchev–Trinajstić information content (AvgIpc) is 2.93. The average molecular weight is 384 g/mol. The first-order chi connectivity index (χ1) is 11.0. The van der Waals surface area contributed by atoms with Crippen LogP contribution in [0.4, 0.5) is 11.6 Å². The van der Waals surface area contributed by atoms with Crippen LogP contribution in [0.15, 0.2) is 48.7 Å². The Morgan fingerprint density at radius 2 is 1.71 bits per heavy atom. The van der Waals surface area contributed by atoms with E-state index in [4.69, 9.17) is 28.9 Å². The summed E-state index contributed by atoms with van der Waals surface area (Å²) in [7, 11) is 0. The molecule has 0 aliphatic rings. The number of carbonyl (C=O) groups excluding carboxylic acids is 1. The highest BCUT2D eigenvalue weighted by molar-refractivity contribution is 6.35. The number of imidazole rings is 1. The van der Waals surface area contributed by atoms with E-state index in [0.717, 1.165) is 11.3 Å². The maximum absolute atomic E-state index is 12.2. The lowest BCUT2D eigenvalue weighted by Gasteiger charge is -2.07. The summed E-state index contributed by atoms with van der Waals surface area (Å²) in [5.74, 6) is 0.0707. The maximum Gasteiger partial charge on any atom is 0.255 e. The van der Waals surface area contributed by atoms with E-state index in [2.05, 4.69) is 15.3 Å². The second-order valence-electron chi connectivity index (χ2n) is 4.86. The fraction of sp³-hybridized carbons (Fsp3) is 0. The van der Waals surface area contributed by atoms with Gasteiger partial charge in [-0.15, -0.1) is 12.4 Å². The van der Waals surface area contributed by atoms with Crippen molar-refractivity contribution in [3.8, 4) is 11.3 Å². The smallest absolute Gasteiger partial charge is 0.255 e. The Bertz CT molecular complexity index is 842. The van der Waals surface area contributed by atoms with Gasteiger partial charge in [-0.25, -0.2) is 4.98 Å². The van der Waals surface area contributed by atoms with Gasteiger partial charge in [-0.05, 0) is 30.3 Å². The number of benzene rings is 2. The molecule has 3 rings (SSSR count). The van der Waals surface area contributed by atoms with Gasteiger partial charge in [-0.3, -0.25) is 4.79 Å². The molecule has 0 spiro atoms. The molecule has 0 bridgehead atoms. The number of nitrogens with one attached hydrogen (secondary N) is 2. The molecule has 0 unspecified atom stereocenters. The van der Waals surface area contributed by atoms with Gasteiger partial charge in [0.15, 0.2) is 5.95 Å². The normalized spacial score (nSPS) is 10.1. The third kappa shape index (κ3) is 4.20. The van der Waals surface area contributed by atoms with Crippen molar-refractivity contribution in [1.82, 2.24) is 9.97 Å². The molecule has 0 fully saturated rings. The number of nitrogens with two attached hydrogens (primary N) is 1. The molecule has 8 heteroatoms. The zero-order valence-electron chi connectivity index (χ0n) is 12.2. The van der Waals surface area contributed by atoms with Crippen LogP contribution in [0.2, 0.25) is 10.0 Å². The van der Waals surface area contributed by atoms with E-state index in [-0.39, 0.29) is 18.3 Å². The third-order valence-corrected chi connectivity index (χ3v) is 3.60. The number of H-pyrrole nitrogens is 1. The van der Waals surface area contributed by atoms with Gasteiger partial charge >= 0.3 is 0 Å². The van der Waals surface area contributed by atoms with Crippen LogP contribution >= 0.6 is 35.6 Å². The van der Waals surface area contributed by atoms with Crippen molar-refractivity contribution in [2.75, 3.05) is 11.1 Å². The van der Waals surface area contributed by atoms with Gasteiger partial charge in [0.2, 0.25) is 0 Å². The van der Waals surface area contributed by atoms with Gasteiger partial charge in [-0.1, -0.05) is 35.3 Å². The van der Waals surface area contributed by atoms with E-state index in [1.54, 1.807) is 36.5 Å². The molecule has 0 aliphatic carbocycles. The van der Waals surface area contributed by atoms with Crippen molar-refractivity contribution >= 4 is 53.2 Å². The van der Waals surface area contributed by atoms with E-state index in [1.807, 2.05) is 12.1 Å². The van der Waals surface area contributed by atoms with Crippen LogP contribution in [-0.2, 0) is 0 Å². The summed E-state index contributed by atoms with van der Waals surface area (Å²) >= 11 is 11.8. The topological polar surface area (TPSA) is 83.8 Å². The van der Waals surface area contributed by atoms with E-state index in [0.29, 0.717) is 27.2 Å². The van der Waals surface area contributed by atoms with Crippen molar-refractivity contribution < 1.29 is 4.79 Å². The molecule has 1 heterocycles. The zero-order chi connectivity index (χ0) is 16.4. The molecule has 0 aliphatic heterocycles. The van der Waals surface area contributed by atoms with Gasteiger partial charge < -0.3 is 16.0 Å². The zero-order valence-corrected chi connectivity index (χ0v) is 14.5. The Labute approximate surface area is 154 Å². The minimum Gasteiger partial charge on any atom is -0.369 e. The maximum atomic E-state index is 12.2. The van der Waals surface area contributed by atoms with Crippen molar-refractivity contribution in [3.63, 3.8) is 0 Å². The second-order valence-corrected chi connectivity index (χ2v) is 5.73. The number of rotatable bonds is 3. The number of nitrogens with zero attached hydrogens (tertiary/aromatic N) is 1. The number of hydrogen-bond donors (Lipinski definition) is 3. The molecule has 2 aromatic carbocycles. The number of aromatic nitrogens is 2. The number of hydrogen-bond acceptors (Lipinski definition) is 3. The number of carbonyl (C=O) groups is 1. The van der Waals surface area contributed by atoms with E-state index < -0.39 is 0 Å². The first kappa shape index (κ1) is 18.1. The lowest BCUT2D eigenvalue weighted by atomic mass is 10.1. The summed E-state index contributed by atoms with van der Waals surface area (Å²) in [6.45, 7) is 0. The molecule has 0 radical (unpaired) electrons. The number of nitrogen functional groups attached to an aromatic ring is 1. The van der Waals surface area contributed by atoms with Gasteiger partial charge in [0, 0.05) is 33.1 Å². The quantitative estimate of drug-likeness (QED) is 0.616. The molecule has 1 amide bonds. The van der Waals surface area contributed by atoms with E-state index >= 15 is 0 Å². The Morgan fingerprint density at radius 3 is 2.25 bits per heavy atom. The lowest BCUT2D eigenvalue weighted by molar-refractivity contribution is 0.102. The molecule has 24 heavy (non-hydrogen) atoms. The molecular formula is C16H13Cl3N4O. The summed E-state index contributed by atoms with van der Waals surface area (Å²) in [6.07, 6.45) is 1.72. The van der Waals surface area contributed by atoms with Crippen LogP contribution in [0.5, 0.6) is 0 Å². The summed E-state index contributed by atoms with van der Waals surface area (Å²) in [6, 6.07) is 11.9. The lowest BCUT2D eigenvalue weighted by Crippen LogP contribution is -2.11. The number of aromatic amines is 1. The molecule has 124 valence electrons. The van der Waals surface area contributed by atoms with Crippen molar-refractivity contribution in [3.05, 3.63) is 64.3 Å². The van der Waals surface area contributed by atoms with Crippen LogP contribution in [0.25, 0.3) is 11.3 Å². The summed E-state index contributed by atoms with van der Waals surface area (Å²) in [4.78, 5) is 19.2. The fourth-order valence-corrected chi connectivity index (χ4v) is 2.62. The monoisotopic (exact) mass is 382 g/mol. The molecule has 3 aromatic rings. The molecule has 4 N–H and O–H groups in total. The van der Waals surface area contributed by atoms with E-state index in [1.165, 1.54) is 0 Å². The summed E-state index contributed by atoms with van der Waals surface area (Å²) in [5, 5.41) is 3.61. The highest BCUT2D eigenvalue weighted by Crippen LogP contribution is 2.22. The largest absolute Gasteiger partial charge is 0.369 e. The van der Waals surface area contributed by atoms with Gasteiger partial charge in [-0.2, -0.15) is 0 Å². The minimum absolute atomic E-state index is 0. The Hall–Kier alpha value is -2.21. The molecule has 5 nitrogen and oxygen atoms in total. The number of halogens is 3. The molecule has 0 saturated heterocycles. The Kier molecular flexibility index (Phi) is 5.72. The van der Waals surface area contributed by atoms with Crippen molar-refractivity contribution in [2.24, 2.45) is 0 Å². The first-order valence-electron chi connectivity index (χ1n) is 6.70. The predicted molar refractivity (Wildman–Crippen MR) is 100 cm³/mol. The molecule has 1 aromatic heterocycles. The van der Waals surface area contributed by atoms with Crippen LogP contribution in [0, 0.1) is 0 Å². The number of anilines is 2. The standard InChI is InChI=1S/C16H12Cl2N4O.ClH/c17-11-5-10(6-12(18)7-11)15(23)21-13-3-1-9(2-4-13)14-8-20-16(19)22-14;/h1-8H,(H,21,23)(H3,19,20,22);1H. The van der Waals surface area contributed by atoms with Crippen LogP contribution in [0.1, 0.15) is 10.4 Å².